The fourth-order valence-electron chi connectivity index (χ4n) is 3.58. The predicted octanol–water partition coefficient (Wildman–Crippen LogP) is 4.06. The molecule has 2 heterocycles. The minimum atomic E-state index is -0.671. The van der Waals surface area contributed by atoms with Gasteiger partial charge >= 0.3 is 12.1 Å². The number of allylic oxidation sites excluding steroid dienone is 1. The van der Waals surface area contributed by atoms with Crippen LogP contribution in [0.5, 0.6) is 0 Å². The third-order valence-corrected chi connectivity index (χ3v) is 4.50. The van der Waals surface area contributed by atoms with Gasteiger partial charge in [-0.05, 0) is 52.9 Å². The molecule has 0 aliphatic carbocycles. The summed E-state index contributed by atoms with van der Waals surface area (Å²) < 4.78 is 11.3. The van der Waals surface area contributed by atoms with E-state index in [4.69, 9.17) is 9.47 Å². The maximum absolute atomic E-state index is 12.6. The standard InChI is InChI=1S/C19H31NO4/c1-13(2)11-14-12-19(6,23-16(14)21)15-9-7-8-10-20(15)17(22)24-18(3,4)5/h11,13,15H,7-10,12H2,1-6H3/b14-11-/t15-,19-/m0/s1. The van der Waals surface area contributed by atoms with Crippen molar-refractivity contribution in [1.82, 2.24) is 4.90 Å². The van der Waals surface area contributed by atoms with Crippen LogP contribution in [0.4, 0.5) is 4.79 Å². The normalized spacial score (nSPS) is 30.0. The van der Waals surface area contributed by atoms with Crippen molar-refractivity contribution >= 4 is 12.1 Å². The van der Waals surface area contributed by atoms with Gasteiger partial charge in [0.1, 0.15) is 11.2 Å². The van der Waals surface area contributed by atoms with Gasteiger partial charge in [-0.3, -0.25) is 0 Å². The molecule has 0 aromatic heterocycles. The average Bonchev–Trinajstić information content (AvgIpc) is 2.72. The molecular formula is C19H31NO4. The highest BCUT2D eigenvalue weighted by atomic mass is 16.6. The topological polar surface area (TPSA) is 55.8 Å². The fraction of sp³-hybridized carbons (Fsp3) is 0.789. The lowest BCUT2D eigenvalue weighted by Gasteiger charge is -2.43. The zero-order valence-corrected chi connectivity index (χ0v) is 15.8. The van der Waals surface area contributed by atoms with E-state index in [-0.39, 0.29) is 18.1 Å². The second-order valence-electron chi connectivity index (χ2n) is 8.50. The molecule has 0 saturated carbocycles. The summed E-state index contributed by atoms with van der Waals surface area (Å²) in [5.74, 6) is 0.0455. The molecule has 2 saturated heterocycles. The summed E-state index contributed by atoms with van der Waals surface area (Å²) in [6, 6.07) is -0.136. The first-order valence-corrected chi connectivity index (χ1v) is 8.95. The summed E-state index contributed by atoms with van der Waals surface area (Å²) in [5.41, 5.74) is -0.480. The van der Waals surface area contributed by atoms with Gasteiger partial charge in [-0.2, -0.15) is 0 Å². The fourth-order valence-corrected chi connectivity index (χ4v) is 3.58. The van der Waals surface area contributed by atoms with Crippen molar-refractivity contribution in [3.05, 3.63) is 11.6 Å². The number of carbonyl (C=O) groups is 2. The lowest BCUT2D eigenvalue weighted by Crippen LogP contribution is -2.56. The van der Waals surface area contributed by atoms with E-state index >= 15 is 0 Å². The van der Waals surface area contributed by atoms with Crippen LogP contribution in [0.1, 0.15) is 67.2 Å². The molecule has 5 nitrogen and oxygen atoms in total. The molecule has 0 radical (unpaired) electrons. The Kier molecular flexibility index (Phi) is 5.31. The number of ether oxygens (including phenoxy) is 2. The van der Waals surface area contributed by atoms with Crippen molar-refractivity contribution in [2.45, 2.75) is 84.5 Å². The van der Waals surface area contributed by atoms with Gasteiger partial charge in [-0.25, -0.2) is 9.59 Å². The molecule has 5 heteroatoms. The van der Waals surface area contributed by atoms with Crippen molar-refractivity contribution < 1.29 is 19.1 Å². The smallest absolute Gasteiger partial charge is 0.410 e. The van der Waals surface area contributed by atoms with E-state index in [1.165, 1.54) is 0 Å². The Morgan fingerprint density at radius 1 is 1.38 bits per heavy atom. The quantitative estimate of drug-likeness (QED) is 0.563. The number of likely N-dealkylation sites (tertiary alicyclic amines) is 1. The average molecular weight is 337 g/mol. The molecule has 0 spiro atoms. The minimum Gasteiger partial charge on any atom is -0.453 e. The Morgan fingerprint density at radius 3 is 2.62 bits per heavy atom. The van der Waals surface area contributed by atoms with E-state index in [9.17, 15) is 9.59 Å². The molecular weight excluding hydrogens is 306 g/mol. The van der Waals surface area contributed by atoms with Gasteiger partial charge in [-0.1, -0.05) is 19.9 Å². The number of hydrogen-bond donors (Lipinski definition) is 0. The lowest BCUT2D eigenvalue weighted by molar-refractivity contribution is -0.152. The number of hydrogen-bond acceptors (Lipinski definition) is 4. The van der Waals surface area contributed by atoms with Crippen LogP contribution in [0, 0.1) is 5.92 Å². The zero-order valence-electron chi connectivity index (χ0n) is 15.8. The van der Waals surface area contributed by atoms with Gasteiger partial charge in [0, 0.05) is 18.5 Å². The minimum absolute atomic E-state index is 0.136. The predicted molar refractivity (Wildman–Crippen MR) is 92.6 cm³/mol. The van der Waals surface area contributed by atoms with E-state index < -0.39 is 11.2 Å². The number of amides is 1. The Labute approximate surface area is 145 Å². The number of esters is 1. The maximum Gasteiger partial charge on any atom is 0.410 e. The molecule has 0 unspecified atom stereocenters. The van der Waals surface area contributed by atoms with E-state index in [0.29, 0.717) is 18.9 Å². The molecule has 2 aliphatic heterocycles. The summed E-state index contributed by atoms with van der Waals surface area (Å²) in [5, 5.41) is 0. The largest absolute Gasteiger partial charge is 0.453 e. The van der Waals surface area contributed by atoms with Gasteiger partial charge in [0.2, 0.25) is 0 Å². The maximum atomic E-state index is 12.6. The molecule has 0 aromatic rings. The van der Waals surface area contributed by atoms with Gasteiger partial charge < -0.3 is 14.4 Å². The molecule has 0 N–H and O–H groups in total. The van der Waals surface area contributed by atoms with Gasteiger partial charge in [0.15, 0.2) is 0 Å². The third kappa shape index (κ3) is 4.31. The number of cyclic esters (lactones) is 1. The molecule has 136 valence electrons. The van der Waals surface area contributed by atoms with E-state index in [1.54, 1.807) is 4.90 Å². The number of piperidine rings is 1. The lowest BCUT2D eigenvalue weighted by atomic mass is 9.84. The van der Waals surface area contributed by atoms with Crippen molar-refractivity contribution in [2.75, 3.05) is 6.54 Å². The van der Waals surface area contributed by atoms with E-state index in [1.807, 2.05) is 47.6 Å². The number of nitrogens with zero attached hydrogens (tertiary/aromatic N) is 1. The summed E-state index contributed by atoms with van der Waals surface area (Å²) in [7, 11) is 0. The second kappa shape index (κ2) is 6.77. The summed E-state index contributed by atoms with van der Waals surface area (Å²) in [6.45, 7) is 12.3. The first-order valence-electron chi connectivity index (χ1n) is 8.95. The Bertz CT molecular complexity index is 532. The second-order valence-corrected chi connectivity index (χ2v) is 8.50. The third-order valence-electron chi connectivity index (χ3n) is 4.50. The summed E-state index contributed by atoms with van der Waals surface area (Å²) in [6.07, 6.45) is 5.01. The SMILES string of the molecule is CC(C)/C=C1/C[C@@](C)([C@@H]2CCCCN2C(=O)OC(C)(C)C)OC1=O. The number of rotatable bonds is 2. The van der Waals surface area contributed by atoms with E-state index in [0.717, 1.165) is 24.8 Å². The highest BCUT2D eigenvalue weighted by Gasteiger charge is 2.50. The molecule has 2 rings (SSSR count). The van der Waals surface area contributed by atoms with Crippen LogP contribution in [0.25, 0.3) is 0 Å². The van der Waals surface area contributed by atoms with Crippen molar-refractivity contribution in [1.29, 1.82) is 0 Å². The molecule has 2 atom stereocenters. The molecule has 0 aromatic carbocycles. The van der Waals surface area contributed by atoms with Crippen LogP contribution < -0.4 is 0 Å². The number of carbonyl (C=O) groups excluding carboxylic acids is 2. The molecule has 0 bridgehead atoms. The van der Waals surface area contributed by atoms with Crippen LogP contribution in [0.15, 0.2) is 11.6 Å². The molecule has 24 heavy (non-hydrogen) atoms. The van der Waals surface area contributed by atoms with Crippen LogP contribution in [0.2, 0.25) is 0 Å². The van der Waals surface area contributed by atoms with Crippen LogP contribution in [0.3, 0.4) is 0 Å². The van der Waals surface area contributed by atoms with Gasteiger partial charge in [0.05, 0.1) is 6.04 Å². The Balaban J connectivity index is 2.21. The van der Waals surface area contributed by atoms with Gasteiger partial charge in [-0.15, -0.1) is 0 Å². The zero-order chi connectivity index (χ0) is 18.1. The van der Waals surface area contributed by atoms with Crippen LogP contribution in [-0.4, -0.2) is 40.8 Å². The van der Waals surface area contributed by atoms with E-state index in [2.05, 4.69) is 0 Å². The molecule has 1 amide bonds. The molecule has 2 aliphatic rings. The molecule has 2 fully saturated rings. The first kappa shape index (κ1) is 18.8. The van der Waals surface area contributed by atoms with Gasteiger partial charge in [0.25, 0.3) is 0 Å². The van der Waals surface area contributed by atoms with Crippen molar-refractivity contribution in [2.24, 2.45) is 5.92 Å². The first-order chi connectivity index (χ1) is 11.0. The highest BCUT2D eigenvalue weighted by molar-refractivity contribution is 5.91. The van der Waals surface area contributed by atoms with Crippen molar-refractivity contribution in [3.8, 4) is 0 Å². The van der Waals surface area contributed by atoms with Crippen LogP contribution >= 0.6 is 0 Å². The Hall–Kier alpha value is -1.52. The summed E-state index contributed by atoms with van der Waals surface area (Å²) >= 11 is 0. The monoisotopic (exact) mass is 337 g/mol. The summed E-state index contributed by atoms with van der Waals surface area (Å²) in [4.78, 5) is 26.6. The van der Waals surface area contributed by atoms with Crippen LogP contribution in [-0.2, 0) is 14.3 Å². The Morgan fingerprint density at radius 2 is 2.04 bits per heavy atom. The highest BCUT2D eigenvalue weighted by Crippen LogP contribution is 2.40. The van der Waals surface area contributed by atoms with Crippen molar-refractivity contribution in [3.63, 3.8) is 0 Å².